The van der Waals surface area contributed by atoms with E-state index in [-0.39, 0.29) is 17.9 Å². The molecule has 0 aliphatic carbocycles. The molecule has 0 saturated heterocycles. The second-order valence-electron chi connectivity index (χ2n) is 4.55. The molecule has 1 heterocycles. The minimum atomic E-state index is -0.207. The summed E-state index contributed by atoms with van der Waals surface area (Å²) in [5.74, 6) is 0.301. The average Bonchev–Trinajstić information content (AvgIpc) is 2.73. The molecule has 1 aromatic rings. The van der Waals surface area contributed by atoms with Crippen LogP contribution in [0.25, 0.3) is 0 Å². The van der Waals surface area contributed by atoms with Crippen molar-refractivity contribution in [3.05, 3.63) is 34.1 Å². The van der Waals surface area contributed by atoms with Crippen molar-refractivity contribution < 1.29 is 4.39 Å². The van der Waals surface area contributed by atoms with Crippen molar-refractivity contribution in [1.29, 1.82) is 0 Å². The number of aliphatic imine (C=N–C) groups is 1. The van der Waals surface area contributed by atoms with Gasteiger partial charge in [0.25, 0.3) is 0 Å². The monoisotopic (exact) mass is 313 g/mol. The number of nitrogens with zero attached hydrogens (tertiary/aromatic N) is 2. The van der Waals surface area contributed by atoms with Crippen LogP contribution >= 0.6 is 15.9 Å². The fourth-order valence-electron chi connectivity index (χ4n) is 2.26. The van der Waals surface area contributed by atoms with Gasteiger partial charge in [0, 0.05) is 16.1 Å². The molecule has 0 saturated carbocycles. The Morgan fingerprint density at radius 1 is 1.61 bits per heavy atom. The number of rotatable bonds is 3. The van der Waals surface area contributed by atoms with E-state index in [0.717, 1.165) is 10.9 Å². The van der Waals surface area contributed by atoms with Crippen LogP contribution < -0.4 is 5.73 Å². The quantitative estimate of drug-likeness (QED) is 0.931. The molecule has 0 fully saturated rings. The number of halogens is 2. The van der Waals surface area contributed by atoms with E-state index in [9.17, 15) is 4.39 Å². The summed E-state index contributed by atoms with van der Waals surface area (Å²) in [6.07, 6.45) is 0.947. The SMILES string of the molecule is CCC(C)N1C(N)=NCC1c1cc(Br)ccc1F. The third kappa shape index (κ3) is 2.36. The van der Waals surface area contributed by atoms with Gasteiger partial charge in [-0.1, -0.05) is 22.9 Å². The van der Waals surface area contributed by atoms with Gasteiger partial charge in [0.2, 0.25) is 0 Å². The van der Waals surface area contributed by atoms with Crippen LogP contribution in [0.3, 0.4) is 0 Å². The van der Waals surface area contributed by atoms with Gasteiger partial charge >= 0.3 is 0 Å². The average molecular weight is 314 g/mol. The Bertz CT molecular complexity index is 475. The summed E-state index contributed by atoms with van der Waals surface area (Å²) in [4.78, 5) is 6.26. The lowest BCUT2D eigenvalue weighted by atomic mass is 10.0. The molecule has 5 heteroatoms. The second kappa shape index (κ2) is 5.26. The lowest BCUT2D eigenvalue weighted by molar-refractivity contribution is 0.263. The zero-order valence-corrected chi connectivity index (χ0v) is 12.1. The topological polar surface area (TPSA) is 41.6 Å². The van der Waals surface area contributed by atoms with Crippen LogP contribution in [0.2, 0.25) is 0 Å². The Labute approximate surface area is 115 Å². The van der Waals surface area contributed by atoms with E-state index in [1.54, 1.807) is 6.07 Å². The Morgan fingerprint density at radius 3 is 3.00 bits per heavy atom. The van der Waals surface area contributed by atoms with Crippen molar-refractivity contribution in [2.45, 2.75) is 32.4 Å². The smallest absolute Gasteiger partial charge is 0.192 e. The van der Waals surface area contributed by atoms with E-state index in [0.29, 0.717) is 18.1 Å². The van der Waals surface area contributed by atoms with Crippen LogP contribution in [-0.2, 0) is 0 Å². The molecule has 0 amide bonds. The number of hydrogen-bond acceptors (Lipinski definition) is 3. The summed E-state index contributed by atoms with van der Waals surface area (Å²) in [6, 6.07) is 5.13. The molecular weight excluding hydrogens is 297 g/mol. The van der Waals surface area contributed by atoms with Crippen LogP contribution in [0.1, 0.15) is 31.9 Å². The summed E-state index contributed by atoms with van der Waals surface area (Å²) < 4.78 is 14.8. The first kappa shape index (κ1) is 13.3. The first-order valence-electron chi connectivity index (χ1n) is 6.07. The predicted octanol–water partition coefficient (Wildman–Crippen LogP) is 3.06. The first-order chi connectivity index (χ1) is 8.54. The number of benzene rings is 1. The van der Waals surface area contributed by atoms with Gasteiger partial charge in [-0.25, -0.2) is 4.39 Å². The molecule has 3 nitrogen and oxygen atoms in total. The molecule has 0 aromatic heterocycles. The highest BCUT2D eigenvalue weighted by atomic mass is 79.9. The molecule has 2 rings (SSSR count). The Hall–Kier alpha value is -1.10. The summed E-state index contributed by atoms with van der Waals surface area (Å²) in [7, 11) is 0. The second-order valence-corrected chi connectivity index (χ2v) is 5.46. The third-order valence-electron chi connectivity index (χ3n) is 3.41. The zero-order valence-electron chi connectivity index (χ0n) is 10.5. The minimum absolute atomic E-state index is 0.0996. The highest BCUT2D eigenvalue weighted by molar-refractivity contribution is 9.10. The van der Waals surface area contributed by atoms with Crippen molar-refractivity contribution >= 4 is 21.9 Å². The molecule has 0 spiro atoms. The molecule has 1 aromatic carbocycles. The van der Waals surface area contributed by atoms with Gasteiger partial charge < -0.3 is 10.6 Å². The summed E-state index contributed by atoms with van der Waals surface area (Å²) in [6.45, 7) is 4.69. The maximum atomic E-state index is 14.0. The highest BCUT2D eigenvalue weighted by Gasteiger charge is 2.32. The van der Waals surface area contributed by atoms with Gasteiger partial charge in [0.1, 0.15) is 5.82 Å². The highest BCUT2D eigenvalue weighted by Crippen LogP contribution is 2.31. The normalized spacial score (nSPS) is 21.0. The number of hydrogen-bond donors (Lipinski definition) is 1. The van der Waals surface area contributed by atoms with Crippen LogP contribution in [0.4, 0.5) is 4.39 Å². The molecule has 2 N–H and O–H groups in total. The Morgan fingerprint density at radius 2 is 2.33 bits per heavy atom. The van der Waals surface area contributed by atoms with Gasteiger partial charge in [-0.15, -0.1) is 0 Å². The van der Waals surface area contributed by atoms with E-state index >= 15 is 0 Å². The lowest BCUT2D eigenvalue weighted by Crippen LogP contribution is -2.42. The van der Waals surface area contributed by atoms with Gasteiger partial charge in [-0.2, -0.15) is 0 Å². The summed E-state index contributed by atoms with van der Waals surface area (Å²) in [5, 5.41) is 0. The van der Waals surface area contributed by atoms with E-state index in [1.807, 2.05) is 11.0 Å². The molecule has 98 valence electrons. The first-order valence-corrected chi connectivity index (χ1v) is 6.87. The predicted molar refractivity (Wildman–Crippen MR) is 74.9 cm³/mol. The van der Waals surface area contributed by atoms with Crippen molar-refractivity contribution in [3.8, 4) is 0 Å². The van der Waals surface area contributed by atoms with Crippen molar-refractivity contribution in [1.82, 2.24) is 4.90 Å². The molecule has 2 atom stereocenters. The van der Waals surface area contributed by atoms with Gasteiger partial charge in [0.15, 0.2) is 5.96 Å². The maximum absolute atomic E-state index is 14.0. The minimum Gasteiger partial charge on any atom is -0.370 e. The van der Waals surface area contributed by atoms with E-state index in [1.165, 1.54) is 6.07 Å². The van der Waals surface area contributed by atoms with Crippen LogP contribution in [-0.4, -0.2) is 23.4 Å². The molecule has 18 heavy (non-hydrogen) atoms. The molecule has 1 aliphatic rings. The summed E-state index contributed by atoms with van der Waals surface area (Å²) >= 11 is 3.38. The van der Waals surface area contributed by atoms with Crippen LogP contribution in [0.5, 0.6) is 0 Å². The number of nitrogens with two attached hydrogens (primary N) is 1. The zero-order chi connectivity index (χ0) is 13.3. The van der Waals surface area contributed by atoms with Crippen molar-refractivity contribution in [3.63, 3.8) is 0 Å². The molecule has 1 aliphatic heterocycles. The Kier molecular flexibility index (Phi) is 3.90. The molecule has 2 unspecified atom stereocenters. The van der Waals surface area contributed by atoms with Crippen molar-refractivity contribution in [2.24, 2.45) is 10.7 Å². The fraction of sp³-hybridized carbons (Fsp3) is 0.462. The van der Waals surface area contributed by atoms with Crippen LogP contribution in [0.15, 0.2) is 27.7 Å². The fourth-order valence-corrected chi connectivity index (χ4v) is 2.64. The summed E-state index contributed by atoms with van der Waals surface area (Å²) in [5.41, 5.74) is 6.56. The molecule has 0 radical (unpaired) electrons. The van der Waals surface area contributed by atoms with Crippen molar-refractivity contribution in [2.75, 3.05) is 6.54 Å². The largest absolute Gasteiger partial charge is 0.370 e. The van der Waals surface area contributed by atoms with E-state index in [4.69, 9.17) is 5.73 Å². The van der Waals surface area contributed by atoms with Gasteiger partial charge in [-0.05, 0) is 31.5 Å². The number of guanidine groups is 1. The van der Waals surface area contributed by atoms with Gasteiger partial charge in [-0.3, -0.25) is 4.99 Å². The standard InChI is InChI=1S/C13H17BrFN3/c1-3-8(2)18-12(7-17-13(18)16)10-6-9(14)4-5-11(10)15/h4-6,8,12H,3,7H2,1-2H3,(H2,16,17). The third-order valence-corrected chi connectivity index (χ3v) is 3.90. The Balaban J connectivity index is 2.36. The molecular formula is C13H17BrFN3. The maximum Gasteiger partial charge on any atom is 0.192 e. The van der Waals surface area contributed by atoms with Gasteiger partial charge in [0.05, 0.1) is 12.6 Å². The molecule has 0 bridgehead atoms. The van der Waals surface area contributed by atoms with E-state index in [2.05, 4.69) is 34.8 Å². The van der Waals surface area contributed by atoms with E-state index < -0.39 is 0 Å². The lowest BCUT2D eigenvalue weighted by Gasteiger charge is -2.32. The van der Waals surface area contributed by atoms with Crippen LogP contribution in [0, 0.1) is 5.82 Å².